The largest absolute Gasteiger partial charge is 0.390 e. The molecule has 25 heavy (non-hydrogen) atoms. The Morgan fingerprint density at radius 3 is 2.80 bits per heavy atom. The average molecular weight is 333 g/mol. The number of nitrogens with zero attached hydrogens (tertiary/aromatic N) is 2. The molecule has 2 atom stereocenters. The monoisotopic (exact) mass is 333 g/mol. The molecule has 0 aromatic carbocycles. The molecule has 4 bridgehead atoms. The summed E-state index contributed by atoms with van der Waals surface area (Å²) in [5.74, 6) is 2.41. The number of allylic oxidation sites excluding steroid dienone is 1. The summed E-state index contributed by atoms with van der Waals surface area (Å²) < 4.78 is 0. The second kappa shape index (κ2) is 4.76. The Hall–Kier alpha value is -1.62. The van der Waals surface area contributed by atoms with Gasteiger partial charge in [-0.3, -0.25) is 4.98 Å². The molecule has 0 saturated heterocycles. The first kappa shape index (κ1) is 14.5. The lowest BCUT2D eigenvalue weighted by Crippen LogP contribution is -2.58. The van der Waals surface area contributed by atoms with Crippen LogP contribution in [0.2, 0.25) is 6.82 Å². The summed E-state index contributed by atoms with van der Waals surface area (Å²) in [6, 6.07) is 0. The molecule has 5 heteroatoms. The van der Waals surface area contributed by atoms with Gasteiger partial charge in [-0.1, -0.05) is 19.0 Å². The van der Waals surface area contributed by atoms with Crippen molar-refractivity contribution in [3.63, 3.8) is 0 Å². The average Bonchev–Trinajstić information content (AvgIpc) is 3.03. The van der Waals surface area contributed by atoms with Crippen LogP contribution in [0.4, 0.5) is 0 Å². The van der Waals surface area contributed by atoms with Crippen LogP contribution in [0.25, 0.3) is 6.08 Å². The zero-order chi connectivity index (χ0) is 16.8. The maximum Gasteiger partial charge on any atom is 0.304 e. The second-order valence-corrected chi connectivity index (χ2v) is 9.12. The Kier molecular flexibility index (Phi) is 2.77. The number of hydrogen-bond acceptors (Lipinski definition) is 4. The first-order chi connectivity index (χ1) is 12.1. The lowest BCUT2D eigenvalue weighted by atomic mass is 9.48. The maximum atomic E-state index is 10.9. The molecular formula is C20H24BN3O. The number of rotatable bonds is 1. The Morgan fingerprint density at radius 1 is 1.24 bits per heavy atom. The van der Waals surface area contributed by atoms with E-state index >= 15 is 0 Å². The van der Waals surface area contributed by atoms with Crippen molar-refractivity contribution in [3.8, 4) is 0 Å². The van der Waals surface area contributed by atoms with Gasteiger partial charge < -0.3 is 10.4 Å². The zero-order valence-electron chi connectivity index (χ0n) is 14.7. The minimum Gasteiger partial charge on any atom is -0.390 e. The van der Waals surface area contributed by atoms with Gasteiger partial charge in [0, 0.05) is 29.7 Å². The van der Waals surface area contributed by atoms with E-state index in [2.05, 4.69) is 30.5 Å². The highest BCUT2D eigenvalue weighted by atomic mass is 16.3. The van der Waals surface area contributed by atoms with Crippen molar-refractivity contribution in [2.45, 2.75) is 50.9 Å². The van der Waals surface area contributed by atoms with E-state index < -0.39 is 0 Å². The lowest BCUT2D eigenvalue weighted by molar-refractivity contribution is -0.137. The summed E-state index contributed by atoms with van der Waals surface area (Å²) in [5.41, 5.74) is 6.03. The molecule has 6 aliphatic rings. The molecule has 128 valence electrons. The Balaban J connectivity index is 1.49. The van der Waals surface area contributed by atoms with Crippen LogP contribution in [-0.2, 0) is 6.42 Å². The number of hydrogen-bond donors (Lipinski definition) is 2. The van der Waals surface area contributed by atoms with Gasteiger partial charge >= 0.3 is 6.85 Å². The van der Waals surface area contributed by atoms with E-state index in [1.165, 1.54) is 40.8 Å². The predicted molar refractivity (Wildman–Crippen MR) is 99.9 cm³/mol. The SMILES string of the molecule is CB1NN=C(C2C3CC4CC2CC(O)(C4)C3)c2c1cnc1c2C=CC1. The Bertz CT molecular complexity index is 816. The molecule has 0 amide bonds. The lowest BCUT2D eigenvalue weighted by Gasteiger charge is -2.58. The molecule has 4 nitrogen and oxygen atoms in total. The molecular weight excluding hydrogens is 309 g/mol. The Morgan fingerprint density at radius 2 is 2.04 bits per heavy atom. The van der Waals surface area contributed by atoms with Crippen LogP contribution in [0, 0.1) is 23.7 Å². The van der Waals surface area contributed by atoms with Crippen molar-refractivity contribution in [1.29, 1.82) is 0 Å². The molecule has 2 N–H and O–H groups in total. The van der Waals surface area contributed by atoms with Crippen LogP contribution >= 0.6 is 0 Å². The van der Waals surface area contributed by atoms with Gasteiger partial charge in [0.15, 0.2) is 0 Å². The van der Waals surface area contributed by atoms with Crippen molar-refractivity contribution >= 4 is 24.1 Å². The van der Waals surface area contributed by atoms with E-state index in [-0.39, 0.29) is 12.4 Å². The van der Waals surface area contributed by atoms with E-state index in [4.69, 9.17) is 10.1 Å². The van der Waals surface area contributed by atoms with Crippen LogP contribution in [0.5, 0.6) is 0 Å². The quantitative estimate of drug-likeness (QED) is 0.773. The van der Waals surface area contributed by atoms with Gasteiger partial charge in [-0.25, -0.2) is 0 Å². The van der Waals surface area contributed by atoms with Crippen molar-refractivity contribution in [2.75, 3.05) is 0 Å². The van der Waals surface area contributed by atoms with E-state index in [0.29, 0.717) is 17.8 Å². The molecule has 5 aliphatic carbocycles. The molecule has 2 unspecified atom stereocenters. The fraction of sp³-hybridized carbons (Fsp3) is 0.600. The normalized spacial score (nSPS) is 39.9. The van der Waals surface area contributed by atoms with Crippen LogP contribution in [0.15, 0.2) is 17.4 Å². The summed E-state index contributed by atoms with van der Waals surface area (Å²) in [4.78, 5) is 4.71. The molecule has 7 rings (SSSR count). The summed E-state index contributed by atoms with van der Waals surface area (Å²) >= 11 is 0. The fourth-order valence-corrected chi connectivity index (χ4v) is 6.79. The van der Waals surface area contributed by atoms with E-state index in [1.807, 2.05) is 0 Å². The van der Waals surface area contributed by atoms with E-state index in [9.17, 15) is 5.11 Å². The second-order valence-electron chi connectivity index (χ2n) is 9.12. The summed E-state index contributed by atoms with van der Waals surface area (Å²) in [6.45, 7) is 2.39. The molecule has 4 saturated carbocycles. The smallest absolute Gasteiger partial charge is 0.304 e. The molecule has 4 fully saturated rings. The minimum atomic E-state index is -0.383. The van der Waals surface area contributed by atoms with Crippen LogP contribution in [0.1, 0.15) is 48.9 Å². The first-order valence-corrected chi connectivity index (χ1v) is 9.85. The van der Waals surface area contributed by atoms with Gasteiger partial charge in [0.25, 0.3) is 0 Å². The van der Waals surface area contributed by atoms with Crippen LogP contribution in [0.3, 0.4) is 0 Å². The Labute approximate surface area is 148 Å². The van der Waals surface area contributed by atoms with Crippen molar-refractivity contribution in [1.82, 2.24) is 10.3 Å². The van der Waals surface area contributed by atoms with Crippen molar-refractivity contribution in [3.05, 3.63) is 29.1 Å². The number of aromatic nitrogens is 1. The van der Waals surface area contributed by atoms with E-state index in [0.717, 1.165) is 31.6 Å². The third-order valence-electron chi connectivity index (χ3n) is 7.48. The molecule has 2 heterocycles. The summed E-state index contributed by atoms with van der Waals surface area (Å²) in [5, 5.41) is 19.2. The number of fused-ring (bicyclic) bond motifs is 3. The maximum absolute atomic E-state index is 10.9. The number of aliphatic hydroxyl groups is 1. The fourth-order valence-electron chi connectivity index (χ4n) is 6.79. The highest BCUT2D eigenvalue weighted by Crippen LogP contribution is 2.59. The summed E-state index contributed by atoms with van der Waals surface area (Å²) in [7, 11) is 0. The third kappa shape index (κ3) is 1.93. The summed E-state index contributed by atoms with van der Waals surface area (Å²) in [6.07, 6.45) is 13.0. The number of nitrogens with one attached hydrogen (secondary N) is 1. The third-order valence-corrected chi connectivity index (χ3v) is 7.48. The molecule has 1 aromatic heterocycles. The van der Waals surface area contributed by atoms with Gasteiger partial charge in [-0.05, 0) is 55.3 Å². The first-order valence-electron chi connectivity index (χ1n) is 9.85. The van der Waals surface area contributed by atoms with Crippen molar-refractivity contribution in [2.24, 2.45) is 28.8 Å². The van der Waals surface area contributed by atoms with Gasteiger partial charge in [-0.2, -0.15) is 5.10 Å². The zero-order valence-corrected chi connectivity index (χ0v) is 14.7. The van der Waals surface area contributed by atoms with Gasteiger partial charge in [0.2, 0.25) is 0 Å². The predicted octanol–water partition coefficient (Wildman–Crippen LogP) is 1.97. The van der Waals surface area contributed by atoms with Gasteiger partial charge in [0.1, 0.15) is 0 Å². The van der Waals surface area contributed by atoms with Crippen LogP contribution < -0.4 is 10.8 Å². The molecule has 1 aromatic rings. The van der Waals surface area contributed by atoms with Crippen LogP contribution in [-0.4, -0.2) is 28.3 Å². The molecule has 0 spiro atoms. The van der Waals surface area contributed by atoms with E-state index in [1.54, 1.807) is 0 Å². The van der Waals surface area contributed by atoms with Crippen molar-refractivity contribution < 1.29 is 5.11 Å². The highest BCUT2D eigenvalue weighted by Gasteiger charge is 2.56. The topological polar surface area (TPSA) is 57.5 Å². The number of hydrazone groups is 1. The highest BCUT2D eigenvalue weighted by molar-refractivity contribution is 6.71. The molecule has 0 radical (unpaired) electrons. The van der Waals surface area contributed by atoms with Gasteiger partial charge in [0.05, 0.1) is 17.0 Å². The molecule has 1 aliphatic heterocycles. The number of pyridine rings is 1. The minimum absolute atomic E-state index is 0.214. The standard InChI is InChI=1S/C20H24BN3O/c1-21-15-10-22-16-4-2-3-14(16)18(15)19(23-24-21)17-12-5-11-6-13(17)9-20(25,7-11)8-12/h2-3,10-13,17,24-25H,4-9H2,1H3. The van der Waals surface area contributed by atoms with Gasteiger partial charge in [-0.15, -0.1) is 0 Å².